The van der Waals surface area contributed by atoms with Gasteiger partial charge in [0.05, 0.1) is 5.75 Å². The summed E-state index contributed by atoms with van der Waals surface area (Å²) in [6.45, 7) is 3.23. The molecule has 21 heavy (non-hydrogen) atoms. The number of nitrogens with zero attached hydrogens (tertiary/aromatic N) is 1. The van der Waals surface area contributed by atoms with Gasteiger partial charge in [0.2, 0.25) is 10.0 Å². The molecule has 0 saturated carbocycles. The maximum atomic E-state index is 12.7. The summed E-state index contributed by atoms with van der Waals surface area (Å²) >= 11 is 0. The molecule has 1 aliphatic rings. The number of hydrogen-bond acceptors (Lipinski definition) is 3. The smallest absolute Gasteiger partial charge is 0.218 e. The van der Waals surface area contributed by atoms with E-state index in [0.29, 0.717) is 13.1 Å². The maximum absolute atomic E-state index is 12.7. The second-order valence-electron chi connectivity index (χ2n) is 5.80. The molecule has 0 bridgehead atoms. The summed E-state index contributed by atoms with van der Waals surface area (Å²) in [6, 6.07) is 7.73. The van der Waals surface area contributed by atoms with E-state index < -0.39 is 10.0 Å². The fraction of sp³-hybridized carbons (Fsp3) is 0.625. The van der Waals surface area contributed by atoms with Crippen molar-refractivity contribution in [1.29, 1.82) is 0 Å². The lowest BCUT2D eigenvalue weighted by atomic mass is 10.1. The second-order valence-corrected chi connectivity index (χ2v) is 7.72. The van der Waals surface area contributed by atoms with Crippen molar-refractivity contribution in [2.75, 3.05) is 6.54 Å². The van der Waals surface area contributed by atoms with Crippen LogP contribution in [0.25, 0.3) is 0 Å². The molecule has 118 valence electrons. The molecule has 0 aliphatic carbocycles. The molecule has 1 unspecified atom stereocenters. The Morgan fingerprint density at radius 2 is 1.81 bits per heavy atom. The van der Waals surface area contributed by atoms with E-state index in [1.807, 2.05) is 24.3 Å². The Bertz CT molecular complexity index is 540. The third kappa shape index (κ3) is 4.28. The Morgan fingerprint density at radius 3 is 2.43 bits per heavy atom. The summed E-state index contributed by atoms with van der Waals surface area (Å²) in [6.07, 6.45) is 5.12. The van der Waals surface area contributed by atoms with Gasteiger partial charge in [-0.25, -0.2) is 8.42 Å². The van der Waals surface area contributed by atoms with E-state index in [1.54, 1.807) is 4.31 Å². The molecule has 4 nitrogen and oxygen atoms in total. The fourth-order valence-electron chi connectivity index (χ4n) is 2.99. The van der Waals surface area contributed by atoms with Crippen LogP contribution in [0.5, 0.6) is 0 Å². The first-order valence-corrected chi connectivity index (χ1v) is 9.45. The Hall–Kier alpha value is -0.910. The SMILES string of the molecule is CCC1CCCCCN1S(=O)(=O)Cc1ccc(CN)cc1. The van der Waals surface area contributed by atoms with Crippen molar-refractivity contribution < 1.29 is 8.42 Å². The number of sulfonamides is 1. The van der Waals surface area contributed by atoms with Crippen molar-refractivity contribution in [1.82, 2.24) is 4.31 Å². The number of nitrogens with two attached hydrogens (primary N) is 1. The topological polar surface area (TPSA) is 63.4 Å². The molecular weight excluding hydrogens is 284 g/mol. The Morgan fingerprint density at radius 1 is 1.14 bits per heavy atom. The minimum atomic E-state index is -3.24. The molecule has 1 aromatic carbocycles. The molecule has 0 radical (unpaired) electrons. The second kappa shape index (κ2) is 7.38. The fourth-order valence-corrected chi connectivity index (χ4v) is 4.89. The van der Waals surface area contributed by atoms with E-state index in [1.165, 1.54) is 0 Å². The summed E-state index contributed by atoms with van der Waals surface area (Å²) in [5.41, 5.74) is 7.44. The highest BCUT2D eigenvalue weighted by molar-refractivity contribution is 7.88. The molecule has 1 aliphatic heterocycles. The Kier molecular flexibility index (Phi) is 5.79. The van der Waals surface area contributed by atoms with Crippen molar-refractivity contribution in [3.05, 3.63) is 35.4 Å². The first-order chi connectivity index (χ1) is 10.1. The van der Waals surface area contributed by atoms with E-state index in [4.69, 9.17) is 5.73 Å². The van der Waals surface area contributed by atoms with Crippen LogP contribution in [-0.2, 0) is 22.3 Å². The lowest BCUT2D eigenvalue weighted by molar-refractivity contribution is 0.314. The van der Waals surface area contributed by atoms with E-state index >= 15 is 0 Å². The first kappa shape index (κ1) is 16.5. The van der Waals surface area contributed by atoms with Gasteiger partial charge >= 0.3 is 0 Å². The minimum Gasteiger partial charge on any atom is -0.326 e. The molecule has 1 heterocycles. The maximum Gasteiger partial charge on any atom is 0.218 e. The van der Waals surface area contributed by atoms with Crippen molar-refractivity contribution in [3.8, 4) is 0 Å². The monoisotopic (exact) mass is 310 g/mol. The van der Waals surface area contributed by atoms with Crippen molar-refractivity contribution in [2.24, 2.45) is 5.73 Å². The van der Waals surface area contributed by atoms with Gasteiger partial charge in [0.1, 0.15) is 0 Å². The van der Waals surface area contributed by atoms with Crippen molar-refractivity contribution in [2.45, 2.75) is 57.4 Å². The van der Waals surface area contributed by atoms with E-state index in [9.17, 15) is 8.42 Å². The third-order valence-corrected chi connectivity index (χ3v) is 6.15. The standard InChI is InChI=1S/C16H26N2O2S/c1-2-16-6-4-3-5-11-18(16)21(19,20)13-15-9-7-14(12-17)8-10-15/h7-10,16H,2-6,11-13,17H2,1H3. The number of hydrogen-bond donors (Lipinski definition) is 1. The molecule has 1 fully saturated rings. The summed E-state index contributed by atoms with van der Waals surface area (Å²) in [4.78, 5) is 0. The Balaban J connectivity index is 2.14. The average molecular weight is 310 g/mol. The predicted octanol–water partition coefficient (Wildman–Crippen LogP) is 2.63. The minimum absolute atomic E-state index is 0.0916. The molecule has 5 heteroatoms. The molecule has 1 saturated heterocycles. The van der Waals surface area contributed by atoms with Crippen molar-refractivity contribution in [3.63, 3.8) is 0 Å². The van der Waals surface area contributed by atoms with Gasteiger partial charge in [0.25, 0.3) is 0 Å². The average Bonchev–Trinajstić information content (AvgIpc) is 2.73. The van der Waals surface area contributed by atoms with Crippen LogP contribution in [0.1, 0.15) is 50.2 Å². The van der Waals surface area contributed by atoms with Gasteiger partial charge in [0, 0.05) is 19.1 Å². The van der Waals surface area contributed by atoms with E-state index in [-0.39, 0.29) is 11.8 Å². The Labute approximate surface area is 128 Å². The van der Waals surface area contributed by atoms with Gasteiger partial charge in [-0.05, 0) is 30.4 Å². The number of benzene rings is 1. The third-order valence-electron chi connectivity index (χ3n) is 4.26. The molecule has 0 amide bonds. The number of rotatable bonds is 5. The predicted molar refractivity (Wildman–Crippen MR) is 86.2 cm³/mol. The largest absolute Gasteiger partial charge is 0.326 e. The summed E-state index contributed by atoms with van der Waals surface area (Å²) < 4.78 is 27.2. The van der Waals surface area contributed by atoms with E-state index in [2.05, 4.69) is 6.92 Å². The van der Waals surface area contributed by atoms with Crippen LogP contribution in [0.2, 0.25) is 0 Å². The van der Waals surface area contributed by atoms with Crippen LogP contribution in [0.15, 0.2) is 24.3 Å². The van der Waals surface area contributed by atoms with Crippen LogP contribution < -0.4 is 5.73 Å². The van der Waals surface area contributed by atoms with E-state index in [0.717, 1.165) is 43.2 Å². The van der Waals surface area contributed by atoms with Gasteiger partial charge in [-0.2, -0.15) is 4.31 Å². The van der Waals surface area contributed by atoms with Gasteiger partial charge in [-0.15, -0.1) is 0 Å². The molecule has 1 atom stereocenters. The molecular formula is C16H26N2O2S. The zero-order valence-electron chi connectivity index (χ0n) is 12.8. The first-order valence-electron chi connectivity index (χ1n) is 7.84. The summed E-state index contributed by atoms with van der Waals surface area (Å²) in [7, 11) is -3.24. The van der Waals surface area contributed by atoms with Crippen LogP contribution >= 0.6 is 0 Å². The van der Waals surface area contributed by atoms with Gasteiger partial charge in [-0.3, -0.25) is 0 Å². The summed E-state index contributed by atoms with van der Waals surface area (Å²) in [5.74, 6) is 0.0916. The highest BCUT2D eigenvalue weighted by Crippen LogP contribution is 2.24. The molecule has 0 aromatic heterocycles. The van der Waals surface area contributed by atoms with Crippen LogP contribution in [0.3, 0.4) is 0 Å². The molecule has 0 spiro atoms. The lowest BCUT2D eigenvalue weighted by Gasteiger charge is -2.28. The van der Waals surface area contributed by atoms with Gasteiger partial charge < -0.3 is 5.73 Å². The lowest BCUT2D eigenvalue weighted by Crippen LogP contribution is -2.40. The molecule has 1 aromatic rings. The highest BCUT2D eigenvalue weighted by Gasteiger charge is 2.29. The van der Waals surface area contributed by atoms with Gasteiger partial charge in [0.15, 0.2) is 0 Å². The summed E-state index contributed by atoms with van der Waals surface area (Å²) in [5, 5.41) is 0. The molecule has 2 rings (SSSR count). The van der Waals surface area contributed by atoms with Crippen LogP contribution in [0.4, 0.5) is 0 Å². The zero-order chi connectivity index (χ0) is 15.3. The normalized spacial score (nSPS) is 21.1. The van der Waals surface area contributed by atoms with Crippen molar-refractivity contribution >= 4 is 10.0 Å². The molecule has 2 N–H and O–H groups in total. The zero-order valence-corrected chi connectivity index (χ0v) is 13.6. The van der Waals surface area contributed by atoms with Crippen LogP contribution in [0, 0.1) is 0 Å². The quantitative estimate of drug-likeness (QED) is 0.909. The van der Waals surface area contributed by atoms with Gasteiger partial charge in [-0.1, -0.05) is 44.0 Å². The van der Waals surface area contributed by atoms with Crippen LogP contribution in [-0.4, -0.2) is 25.3 Å². The highest BCUT2D eigenvalue weighted by atomic mass is 32.2.